The number of aromatic nitrogens is 2. The van der Waals surface area contributed by atoms with Crippen molar-refractivity contribution in [1.29, 1.82) is 5.26 Å². The van der Waals surface area contributed by atoms with Crippen LogP contribution in [0.3, 0.4) is 0 Å². The highest BCUT2D eigenvalue weighted by Crippen LogP contribution is 2.25. The van der Waals surface area contributed by atoms with Gasteiger partial charge in [0.05, 0.1) is 4.92 Å². The van der Waals surface area contributed by atoms with E-state index in [2.05, 4.69) is 10.4 Å². The Kier molecular flexibility index (Phi) is 3.86. The number of nitro groups is 1. The van der Waals surface area contributed by atoms with Gasteiger partial charge in [0.25, 0.3) is 11.6 Å². The van der Waals surface area contributed by atoms with E-state index in [0.717, 1.165) is 6.07 Å². The van der Waals surface area contributed by atoms with Gasteiger partial charge in [0.1, 0.15) is 16.7 Å². The molecule has 21 heavy (non-hydrogen) atoms. The van der Waals surface area contributed by atoms with Gasteiger partial charge in [0.2, 0.25) is 0 Å². The minimum atomic E-state index is -0.642. The molecule has 0 aliphatic carbocycles. The zero-order valence-corrected chi connectivity index (χ0v) is 11.5. The van der Waals surface area contributed by atoms with Crippen LogP contribution in [0.5, 0.6) is 0 Å². The molecular formula is C12H8ClN5O3. The summed E-state index contributed by atoms with van der Waals surface area (Å²) in [5, 5.41) is 25.8. The van der Waals surface area contributed by atoms with Gasteiger partial charge in [-0.3, -0.25) is 19.6 Å². The monoisotopic (exact) mass is 305 g/mol. The van der Waals surface area contributed by atoms with E-state index in [-0.39, 0.29) is 27.7 Å². The number of nitrogens with one attached hydrogen (secondary N) is 1. The van der Waals surface area contributed by atoms with E-state index < -0.39 is 10.8 Å². The van der Waals surface area contributed by atoms with E-state index in [1.807, 2.05) is 6.07 Å². The maximum atomic E-state index is 12.0. The Morgan fingerprint density at radius 1 is 1.57 bits per heavy atom. The van der Waals surface area contributed by atoms with Crippen LogP contribution >= 0.6 is 11.6 Å². The molecular weight excluding hydrogens is 298 g/mol. The quantitative estimate of drug-likeness (QED) is 0.689. The summed E-state index contributed by atoms with van der Waals surface area (Å²) in [7, 11) is 1.61. The van der Waals surface area contributed by atoms with Gasteiger partial charge in [0.15, 0.2) is 5.82 Å². The molecule has 0 spiro atoms. The van der Waals surface area contributed by atoms with E-state index >= 15 is 0 Å². The third-order valence-corrected chi connectivity index (χ3v) is 2.89. The molecule has 0 radical (unpaired) electrons. The summed E-state index contributed by atoms with van der Waals surface area (Å²) in [6, 6.07) is 5.49. The number of halogens is 1. The normalized spacial score (nSPS) is 9.95. The van der Waals surface area contributed by atoms with Crippen LogP contribution in [-0.4, -0.2) is 20.6 Å². The van der Waals surface area contributed by atoms with Crippen LogP contribution in [-0.2, 0) is 7.05 Å². The minimum Gasteiger partial charge on any atom is -0.304 e. The number of benzene rings is 1. The average molecular weight is 306 g/mol. The molecule has 0 saturated heterocycles. The van der Waals surface area contributed by atoms with Crippen LogP contribution in [0.15, 0.2) is 24.4 Å². The predicted molar refractivity (Wildman–Crippen MR) is 74.0 cm³/mol. The molecule has 0 bridgehead atoms. The van der Waals surface area contributed by atoms with E-state index in [9.17, 15) is 14.9 Å². The second-order valence-electron chi connectivity index (χ2n) is 4.05. The first-order valence-electron chi connectivity index (χ1n) is 5.61. The van der Waals surface area contributed by atoms with Crippen molar-refractivity contribution in [3.8, 4) is 6.07 Å². The number of nitrogens with zero attached hydrogens (tertiary/aromatic N) is 4. The van der Waals surface area contributed by atoms with Gasteiger partial charge in [-0.25, -0.2) is 0 Å². The lowest BCUT2D eigenvalue weighted by Crippen LogP contribution is -2.13. The fourth-order valence-electron chi connectivity index (χ4n) is 1.64. The van der Waals surface area contributed by atoms with Gasteiger partial charge in [-0.15, -0.1) is 0 Å². The van der Waals surface area contributed by atoms with Crippen molar-refractivity contribution in [2.75, 3.05) is 5.32 Å². The Labute approximate surface area is 123 Å². The fourth-order valence-corrected chi connectivity index (χ4v) is 1.89. The summed E-state index contributed by atoms with van der Waals surface area (Å²) in [4.78, 5) is 22.0. The Bertz CT molecular complexity index is 778. The highest BCUT2D eigenvalue weighted by Gasteiger charge is 2.17. The molecule has 1 aromatic carbocycles. The topological polar surface area (TPSA) is 114 Å². The number of nitro benzene ring substituents is 1. The minimum absolute atomic E-state index is 0.111. The van der Waals surface area contributed by atoms with Crippen molar-refractivity contribution >= 4 is 29.0 Å². The number of aryl methyl sites for hydroxylation is 1. The summed E-state index contributed by atoms with van der Waals surface area (Å²) < 4.78 is 1.39. The maximum Gasteiger partial charge on any atom is 0.287 e. The lowest BCUT2D eigenvalue weighted by molar-refractivity contribution is -0.384. The summed E-state index contributed by atoms with van der Waals surface area (Å²) in [6.07, 6.45) is 1.46. The third kappa shape index (κ3) is 2.98. The average Bonchev–Trinajstić information content (AvgIpc) is 2.78. The van der Waals surface area contributed by atoms with Gasteiger partial charge in [-0.05, 0) is 12.1 Å². The number of rotatable bonds is 3. The Hall–Kier alpha value is -2.92. The van der Waals surface area contributed by atoms with Crippen LogP contribution in [0, 0.1) is 21.4 Å². The molecule has 2 aromatic rings. The highest BCUT2D eigenvalue weighted by atomic mass is 35.5. The number of hydrogen-bond donors (Lipinski definition) is 1. The zero-order chi connectivity index (χ0) is 15.6. The van der Waals surface area contributed by atoms with E-state index in [4.69, 9.17) is 16.9 Å². The van der Waals surface area contributed by atoms with Gasteiger partial charge >= 0.3 is 0 Å². The van der Waals surface area contributed by atoms with E-state index in [1.54, 1.807) is 7.05 Å². The maximum absolute atomic E-state index is 12.0. The fraction of sp³-hybridized carbons (Fsp3) is 0.0833. The SMILES string of the molecule is Cn1cc(C#N)c(NC(=O)c2ccc([N+](=O)[O-])c(Cl)c2)n1. The molecule has 1 aromatic heterocycles. The molecule has 0 fully saturated rings. The first-order chi connectivity index (χ1) is 9.92. The second kappa shape index (κ2) is 5.60. The smallest absolute Gasteiger partial charge is 0.287 e. The molecule has 2 rings (SSSR count). The Morgan fingerprint density at radius 3 is 2.86 bits per heavy atom. The standard InChI is InChI=1S/C12H8ClN5O3/c1-17-6-8(5-14)11(16-17)15-12(19)7-2-3-10(18(20)21)9(13)4-7/h2-4,6H,1H3,(H,15,16,19). The molecule has 106 valence electrons. The third-order valence-electron chi connectivity index (χ3n) is 2.59. The number of anilines is 1. The number of carbonyl (C=O) groups is 1. The zero-order valence-electron chi connectivity index (χ0n) is 10.7. The van der Waals surface area contributed by atoms with Crippen LogP contribution in [0.25, 0.3) is 0 Å². The lowest BCUT2D eigenvalue weighted by Gasteiger charge is -2.03. The number of hydrogen-bond acceptors (Lipinski definition) is 5. The molecule has 1 N–H and O–H groups in total. The molecule has 1 heterocycles. The van der Waals surface area contributed by atoms with Crippen LogP contribution in [0.4, 0.5) is 11.5 Å². The number of carbonyl (C=O) groups excluding carboxylic acids is 1. The first-order valence-corrected chi connectivity index (χ1v) is 5.99. The number of nitriles is 1. The van der Waals surface area contributed by atoms with Gasteiger partial charge in [0, 0.05) is 24.9 Å². The molecule has 0 aliphatic heterocycles. The number of amides is 1. The van der Waals surface area contributed by atoms with Crippen molar-refractivity contribution in [3.63, 3.8) is 0 Å². The van der Waals surface area contributed by atoms with Crippen molar-refractivity contribution in [3.05, 3.63) is 50.7 Å². The van der Waals surface area contributed by atoms with Crippen LogP contribution in [0.1, 0.15) is 15.9 Å². The molecule has 1 amide bonds. The summed E-state index contributed by atoms with van der Waals surface area (Å²) >= 11 is 5.74. The van der Waals surface area contributed by atoms with Crippen molar-refractivity contribution in [2.45, 2.75) is 0 Å². The van der Waals surface area contributed by atoms with Crippen molar-refractivity contribution < 1.29 is 9.72 Å². The van der Waals surface area contributed by atoms with Gasteiger partial charge in [-0.1, -0.05) is 11.6 Å². The molecule has 9 heteroatoms. The predicted octanol–water partition coefficient (Wildman–Crippen LogP) is 2.11. The van der Waals surface area contributed by atoms with Gasteiger partial charge < -0.3 is 5.32 Å². The van der Waals surface area contributed by atoms with E-state index in [1.165, 1.54) is 23.0 Å². The van der Waals surface area contributed by atoms with Gasteiger partial charge in [-0.2, -0.15) is 10.4 Å². The molecule has 8 nitrogen and oxygen atoms in total. The lowest BCUT2D eigenvalue weighted by atomic mass is 10.2. The molecule has 0 aliphatic rings. The Balaban J connectivity index is 2.27. The van der Waals surface area contributed by atoms with Crippen molar-refractivity contribution in [1.82, 2.24) is 9.78 Å². The molecule has 0 atom stereocenters. The largest absolute Gasteiger partial charge is 0.304 e. The Morgan fingerprint density at radius 2 is 2.29 bits per heavy atom. The van der Waals surface area contributed by atoms with E-state index in [0.29, 0.717) is 0 Å². The molecule has 0 saturated carbocycles. The first kappa shape index (κ1) is 14.5. The summed E-state index contributed by atoms with van der Waals surface area (Å²) in [5.41, 5.74) is 0.0442. The molecule has 0 unspecified atom stereocenters. The van der Waals surface area contributed by atoms with Crippen LogP contribution < -0.4 is 5.32 Å². The summed E-state index contributed by atoms with van der Waals surface area (Å²) in [6.45, 7) is 0. The van der Waals surface area contributed by atoms with Crippen molar-refractivity contribution in [2.24, 2.45) is 7.05 Å². The second-order valence-corrected chi connectivity index (χ2v) is 4.46. The van der Waals surface area contributed by atoms with Crippen LogP contribution in [0.2, 0.25) is 5.02 Å². The summed E-state index contributed by atoms with van der Waals surface area (Å²) in [5.74, 6) is -0.457. The highest BCUT2D eigenvalue weighted by molar-refractivity contribution is 6.33.